The maximum Gasteiger partial charge on any atom is 0.161 e. The van der Waals surface area contributed by atoms with Crippen LogP contribution in [0.5, 0.6) is 11.5 Å². The molecule has 21 heavy (non-hydrogen) atoms. The predicted molar refractivity (Wildman–Crippen MR) is 86.0 cm³/mol. The highest BCUT2D eigenvalue weighted by molar-refractivity contribution is 5.42. The van der Waals surface area contributed by atoms with Crippen molar-refractivity contribution in [1.82, 2.24) is 4.90 Å². The lowest BCUT2D eigenvalue weighted by Crippen LogP contribution is -2.34. The molecule has 1 aromatic carbocycles. The van der Waals surface area contributed by atoms with Gasteiger partial charge in [0, 0.05) is 19.6 Å². The van der Waals surface area contributed by atoms with Gasteiger partial charge in [0.15, 0.2) is 11.5 Å². The Labute approximate surface area is 128 Å². The molecule has 1 aromatic rings. The first-order valence-corrected chi connectivity index (χ1v) is 7.61. The fourth-order valence-corrected chi connectivity index (χ4v) is 2.38. The normalized spacial score (nSPS) is 12.8. The van der Waals surface area contributed by atoms with E-state index < -0.39 is 0 Å². The van der Waals surface area contributed by atoms with E-state index in [2.05, 4.69) is 18.7 Å². The Balaban J connectivity index is 2.81. The van der Waals surface area contributed by atoms with Crippen molar-refractivity contribution in [3.05, 3.63) is 23.8 Å². The third-order valence-electron chi connectivity index (χ3n) is 3.42. The van der Waals surface area contributed by atoms with Crippen LogP contribution in [0.1, 0.15) is 32.8 Å². The van der Waals surface area contributed by atoms with Gasteiger partial charge in [-0.25, -0.2) is 0 Å². The zero-order chi connectivity index (χ0) is 15.8. The van der Waals surface area contributed by atoms with Gasteiger partial charge < -0.3 is 14.6 Å². The third-order valence-corrected chi connectivity index (χ3v) is 3.42. The van der Waals surface area contributed by atoms with Crippen molar-refractivity contribution < 1.29 is 14.6 Å². The molecule has 0 saturated carbocycles. The van der Waals surface area contributed by atoms with E-state index in [9.17, 15) is 5.11 Å². The lowest BCUT2D eigenvalue weighted by molar-refractivity contribution is 0.0985. The molecule has 0 aliphatic carbocycles. The first-order chi connectivity index (χ1) is 9.99. The molecule has 0 aromatic heterocycles. The van der Waals surface area contributed by atoms with Gasteiger partial charge in [0.05, 0.1) is 20.3 Å². The Morgan fingerprint density at radius 1 is 1.10 bits per heavy atom. The molecule has 1 N–H and O–H groups in total. The van der Waals surface area contributed by atoms with E-state index >= 15 is 0 Å². The van der Waals surface area contributed by atoms with E-state index in [1.165, 1.54) is 0 Å². The van der Waals surface area contributed by atoms with Crippen molar-refractivity contribution >= 4 is 0 Å². The molecule has 0 heterocycles. The molecule has 0 aliphatic rings. The number of benzene rings is 1. The monoisotopic (exact) mass is 295 g/mol. The average molecular weight is 295 g/mol. The molecular formula is C17H29NO3. The largest absolute Gasteiger partial charge is 0.493 e. The Hall–Kier alpha value is -1.26. The molecule has 120 valence electrons. The van der Waals surface area contributed by atoms with Gasteiger partial charge in [-0.05, 0) is 30.0 Å². The fraction of sp³-hybridized carbons (Fsp3) is 0.647. The van der Waals surface area contributed by atoms with Crippen LogP contribution in [0.25, 0.3) is 0 Å². The number of ether oxygens (including phenoxy) is 2. The minimum Gasteiger partial charge on any atom is -0.493 e. The second-order valence-corrected chi connectivity index (χ2v) is 5.84. The summed E-state index contributed by atoms with van der Waals surface area (Å²) in [5.41, 5.74) is 1.16. The number of aliphatic hydroxyl groups excluding tert-OH is 1. The number of hydrogen-bond donors (Lipinski definition) is 1. The van der Waals surface area contributed by atoms with E-state index in [0.717, 1.165) is 36.6 Å². The lowest BCUT2D eigenvalue weighted by Gasteiger charge is -2.26. The van der Waals surface area contributed by atoms with Gasteiger partial charge in [-0.1, -0.05) is 26.8 Å². The zero-order valence-electron chi connectivity index (χ0n) is 13.9. The summed E-state index contributed by atoms with van der Waals surface area (Å²) in [5.74, 6) is 2.05. The first-order valence-electron chi connectivity index (χ1n) is 7.61. The van der Waals surface area contributed by atoms with Crippen LogP contribution in [0, 0.1) is 5.92 Å². The Morgan fingerprint density at radius 3 is 2.29 bits per heavy atom. The molecule has 4 nitrogen and oxygen atoms in total. The van der Waals surface area contributed by atoms with Crippen LogP contribution < -0.4 is 9.47 Å². The van der Waals surface area contributed by atoms with Gasteiger partial charge in [0.25, 0.3) is 0 Å². The maximum atomic E-state index is 9.92. The van der Waals surface area contributed by atoms with Gasteiger partial charge in [0.1, 0.15) is 0 Å². The minimum atomic E-state index is -0.274. The summed E-state index contributed by atoms with van der Waals surface area (Å²) >= 11 is 0. The number of hydrogen-bond acceptors (Lipinski definition) is 4. The smallest absolute Gasteiger partial charge is 0.161 e. The van der Waals surface area contributed by atoms with Gasteiger partial charge >= 0.3 is 0 Å². The molecular weight excluding hydrogens is 266 g/mol. The molecule has 1 atom stereocenters. The Morgan fingerprint density at radius 2 is 1.76 bits per heavy atom. The minimum absolute atomic E-state index is 0.274. The van der Waals surface area contributed by atoms with Crippen LogP contribution in [0.2, 0.25) is 0 Å². The van der Waals surface area contributed by atoms with Crippen molar-refractivity contribution in [1.29, 1.82) is 0 Å². The maximum absolute atomic E-state index is 9.92. The first kappa shape index (κ1) is 17.8. The van der Waals surface area contributed by atoms with Crippen LogP contribution in [0.4, 0.5) is 0 Å². The summed E-state index contributed by atoms with van der Waals surface area (Å²) in [4.78, 5) is 2.29. The van der Waals surface area contributed by atoms with E-state index in [4.69, 9.17) is 9.47 Å². The molecule has 0 aliphatic heterocycles. The number of methoxy groups -OCH3 is 2. The molecule has 4 heteroatoms. The topological polar surface area (TPSA) is 41.9 Å². The Kier molecular flexibility index (Phi) is 7.54. The van der Waals surface area contributed by atoms with E-state index in [1.54, 1.807) is 14.2 Å². The summed E-state index contributed by atoms with van der Waals surface area (Å²) in [5, 5.41) is 9.92. The summed E-state index contributed by atoms with van der Waals surface area (Å²) in [7, 11) is 3.29. The van der Waals surface area contributed by atoms with Crippen molar-refractivity contribution in [2.45, 2.75) is 39.8 Å². The van der Waals surface area contributed by atoms with E-state index in [-0.39, 0.29) is 6.10 Å². The second kappa shape index (κ2) is 8.90. The summed E-state index contributed by atoms with van der Waals surface area (Å²) in [6.07, 6.45) is 0.504. The zero-order valence-corrected chi connectivity index (χ0v) is 13.9. The van der Waals surface area contributed by atoms with Crippen LogP contribution in [0.3, 0.4) is 0 Å². The van der Waals surface area contributed by atoms with E-state index in [0.29, 0.717) is 12.5 Å². The molecule has 0 bridgehead atoms. The highest BCUT2D eigenvalue weighted by Gasteiger charge is 2.14. The van der Waals surface area contributed by atoms with Gasteiger partial charge in [-0.15, -0.1) is 0 Å². The highest BCUT2D eigenvalue weighted by atomic mass is 16.5. The van der Waals surface area contributed by atoms with Crippen molar-refractivity contribution in [2.75, 3.05) is 27.3 Å². The van der Waals surface area contributed by atoms with Gasteiger partial charge in [-0.2, -0.15) is 0 Å². The van der Waals surface area contributed by atoms with E-state index in [1.807, 2.05) is 25.1 Å². The van der Waals surface area contributed by atoms with Crippen molar-refractivity contribution in [3.8, 4) is 11.5 Å². The molecule has 1 rings (SSSR count). The lowest BCUT2D eigenvalue weighted by atomic mass is 10.1. The standard InChI is InChI=1S/C17H29NO3/c1-6-15(19)12-18(10-13(2)3)11-14-7-8-16(20-4)17(9-14)21-5/h7-9,13,15,19H,6,10-12H2,1-5H3/t15-/m0/s1. The molecule has 0 spiro atoms. The van der Waals surface area contributed by atoms with Crippen molar-refractivity contribution in [3.63, 3.8) is 0 Å². The van der Waals surface area contributed by atoms with Crippen LogP contribution in [-0.2, 0) is 6.54 Å². The van der Waals surface area contributed by atoms with Gasteiger partial charge in [0.2, 0.25) is 0 Å². The number of rotatable bonds is 9. The quantitative estimate of drug-likeness (QED) is 0.760. The predicted octanol–water partition coefficient (Wildman–Crippen LogP) is 2.93. The van der Waals surface area contributed by atoms with Crippen LogP contribution in [0.15, 0.2) is 18.2 Å². The van der Waals surface area contributed by atoms with Crippen LogP contribution >= 0.6 is 0 Å². The molecule has 0 fully saturated rings. The van der Waals surface area contributed by atoms with Gasteiger partial charge in [-0.3, -0.25) is 4.90 Å². The molecule has 0 saturated heterocycles. The SMILES string of the molecule is CC[C@H](O)CN(Cc1ccc(OC)c(OC)c1)CC(C)C. The van der Waals surface area contributed by atoms with Crippen molar-refractivity contribution in [2.24, 2.45) is 5.92 Å². The highest BCUT2D eigenvalue weighted by Crippen LogP contribution is 2.28. The van der Waals surface area contributed by atoms with Crippen LogP contribution in [-0.4, -0.2) is 43.4 Å². The average Bonchev–Trinajstić information content (AvgIpc) is 2.46. The Bertz CT molecular complexity index is 420. The second-order valence-electron chi connectivity index (χ2n) is 5.84. The molecule has 0 amide bonds. The fourth-order valence-electron chi connectivity index (χ4n) is 2.38. The molecule has 0 radical (unpaired) electrons. The summed E-state index contributed by atoms with van der Waals surface area (Å²) in [6.45, 7) is 8.86. The summed E-state index contributed by atoms with van der Waals surface area (Å²) in [6, 6.07) is 5.98. The number of aliphatic hydroxyl groups is 1. The number of nitrogens with zero attached hydrogens (tertiary/aromatic N) is 1. The molecule has 0 unspecified atom stereocenters. The summed E-state index contributed by atoms with van der Waals surface area (Å²) < 4.78 is 10.6. The third kappa shape index (κ3) is 5.94.